The van der Waals surface area contributed by atoms with Crippen molar-refractivity contribution in [3.8, 4) is 11.5 Å². The number of hydrogen-bond acceptors (Lipinski definition) is 4. The number of phenols is 1. The molecule has 4 nitrogen and oxygen atoms in total. The lowest BCUT2D eigenvalue weighted by atomic mass is 9.89. The number of aliphatic imine (C=N–C) groups is 1. The van der Waals surface area contributed by atoms with E-state index in [9.17, 15) is 5.11 Å². The highest BCUT2D eigenvalue weighted by molar-refractivity contribution is 6.02. The van der Waals surface area contributed by atoms with Gasteiger partial charge in [0.05, 0.1) is 7.11 Å². The van der Waals surface area contributed by atoms with E-state index in [1.54, 1.807) is 13.2 Å². The second kappa shape index (κ2) is 7.50. The van der Waals surface area contributed by atoms with Gasteiger partial charge in [0, 0.05) is 23.7 Å². The average Bonchev–Trinajstić information content (AvgIpc) is 2.60. The van der Waals surface area contributed by atoms with Crippen LogP contribution < -0.4 is 10.1 Å². The van der Waals surface area contributed by atoms with E-state index in [1.807, 2.05) is 36.4 Å². The lowest BCUT2D eigenvalue weighted by Gasteiger charge is -2.39. The van der Waals surface area contributed by atoms with Gasteiger partial charge in [-0.1, -0.05) is 44.2 Å². The minimum Gasteiger partial charge on any atom is -0.508 e. The number of phenolic OH excluding ortho intramolecular Hbond substituents is 1. The molecule has 2 aromatic rings. The van der Waals surface area contributed by atoms with Gasteiger partial charge in [0.1, 0.15) is 17.2 Å². The third-order valence-electron chi connectivity index (χ3n) is 4.79. The molecule has 3 rings (SSSR count). The van der Waals surface area contributed by atoms with E-state index >= 15 is 0 Å². The molecule has 2 aromatic carbocycles. The Labute approximate surface area is 155 Å². The first kappa shape index (κ1) is 18.5. The van der Waals surface area contributed by atoms with Gasteiger partial charge >= 0.3 is 0 Å². The normalized spacial score (nSPS) is 23.0. The highest BCUT2D eigenvalue weighted by atomic mass is 16.5. The summed E-state index contributed by atoms with van der Waals surface area (Å²) in [5.74, 6) is 1.66. The largest absolute Gasteiger partial charge is 0.508 e. The van der Waals surface area contributed by atoms with Crippen LogP contribution in [0.2, 0.25) is 0 Å². The van der Waals surface area contributed by atoms with E-state index in [4.69, 9.17) is 9.73 Å². The zero-order valence-corrected chi connectivity index (χ0v) is 16.0. The molecule has 0 radical (unpaired) electrons. The summed E-state index contributed by atoms with van der Waals surface area (Å²) in [4.78, 5) is 5.07. The van der Waals surface area contributed by atoms with Gasteiger partial charge in [0.2, 0.25) is 0 Å². The number of aromatic hydroxyl groups is 1. The van der Waals surface area contributed by atoms with Crippen molar-refractivity contribution in [2.45, 2.75) is 45.3 Å². The van der Waals surface area contributed by atoms with Gasteiger partial charge in [0.25, 0.3) is 0 Å². The molecule has 138 valence electrons. The molecule has 2 N–H and O–H groups in total. The van der Waals surface area contributed by atoms with Crippen molar-refractivity contribution in [3.63, 3.8) is 0 Å². The third-order valence-corrected chi connectivity index (χ3v) is 4.79. The van der Waals surface area contributed by atoms with Crippen LogP contribution in [0, 0.1) is 5.92 Å². The van der Waals surface area contributed by atoms with Crippen LogP contribution in [0.15, 0.2) is 53.5 Å². The lowest BCUT2D eigenvalue weighted by Crippen LogP contribution is -2.48. The highest BCUT2D eigenvalue weighted by Crippen LogP contribution is 2.35. The molecule has 0 saturated carbocycles. The maximum Gasteiger partial charge on any atom is 0.120 e. The van der Waals surface area contributed by atoms with Crippen molar-refractivity contribution in [3.05, 3.63) is 59.7 Å². The molecule has 0 amide bonds. The molecule has 4 heteroatoms. The zero-order valence-electron chi connectivity index (χ0n) is 16.0. The van der Waals surface area contributed by atoms with Crippen LogP contribution in [0.3, 0.4) is 0 Å². The molecule has 1 heterocycles. The van der Waals surface area contributed by atoms with Gasteiger partial charge in [0.15, 0.2) is 0 Å². The molecular formula is C22H28N2O2. The number of rotatable bonds is 5. The quantitative estimate of drug-likeness (QED) is 0.821. The van der Waals surface area contributed by atoms with Crippen molar-refractivity contribution >= 4 is 5.71 Å². The smallest absolute Gasteiger partial charge is 0.120 e. The average molecular weight is 352 g/mol. The van der Waals surface area contributed by atoms with Gasteiger partial charge in [-0.25, -0.2) is 0 Å². The maximum absolute atomic E-state index is 10.4. The second-order valence-corrected chi connectivity index (χ2v) is 7.62. The van der Waals surface area contributed by atoms with Crippen molar-refractivity contribution in [2.75, 3.05) is 7.11 Å². The van der Waals surface area contributed by atoms with Gasteiger partial charge in [-0.3, -0.25) is 10.3 Å². The fourth-order valence-corrected chi connectivity index (χ4v) is 3.85. The second-order valence-electron chi connectivity index (χ2n) is 7.62. The number of nitrogens with one attached hydrogen (secondary N) is 1. The third kappa shape index (κ3) is 4.07. The minimum atomic E-state index is -0.377. The molecule has 0 spiro atoms. The number of nitrogens with zero attached hydrogens (tertiary/aromatic N) is 1. The van der Waals surface area contributed by atoms with Gasteiger partial charge in [-0.2, -0.15) is 0 Å². The number of methoxy groups -OCH3 is 1. The summed E-state index contributed by atoms with van der Waals surface area (Å²) in [5.41, 5.74) is 2.65. The van der Waals surface area contributed by atoms with Crippen LogP contribution in [0.1, 0.15) is 50.8 Å². The first-order chi connectivity index (χ1) is 12.4. The molecule has 1 aliphatic rings. The molecule has 1 aliphatic heterocycles. The fourth-order valence-electron chi connectivity index (χ4n) is 3.85. The van der Waals surface area contributed by atoms with Crippen LogP contribution in [-0.4, -0.2) is 23.6 Å². The predicted octanol–water partition coefficient (Wildman–Crippen LogP) is 4.69. The Kier molecular flexibility index (Phi) is 5.33. The van der Waals surface area contributed by atoms with E-state index < -0.39 is 0 Å². The highest BCUT2D eigenvalue weighted by Gasteiger charge is 2.34. The van der Waals surface area contributed by atoms with Crippen LogP contribution in [0.5, 0.6) is 11.5 Å². The van der Waals surface area contributed by atoms with E-state index in [2.05, 4.69) is 32.2 Å². The summed E-state index contributed by atoms with van der Waals surface area (Å²) >= 11 is 0. The number of para-hydroxylation sites is 1. The van der Waals surface area contributed by atoms with Crippen LogP contribution >= 0.6 is 0 Å². The van der Waals surface area contributed by atoms with Crippen LogP contribution in [-0.2, 0) is 0 Å². The van der Waals surface area contributed by atoms with Crippen molar-refractivity contribution in [1.29, 1.82) is 0 Å². The van der Waals surface area contributed by atoms with Crippen molar-refractivity contribution in [1.82, 2.24) is 5.32 Å². The molecular weight excluding hydrogens is 324 g/mol. The van der Waals surface area contributed by atoms with E-state index in [0.717, 1.165) is 35.4 Å². The molecule has 0 bridgehead atoms. The Morgan fingerprint density at radius 1 is 1.23 bits per heavy atom. The summed E-state index contributed by atoms with van der Waals surface area (Å²) in [6.45, 7) is 6.55. The first-order valence-corrected chi connectivity index (χ1v) is 9.19. The Morgan fingerprint density at radius 2 is 2.00 bits per heavy atom. The molecule has 0 aliphatic carbocycles. The van der Waals surface area contributed by atoms with Gasteiger partial charge < -0.3 is 9.84 Å². The number of benzene rings is 2. The molecule has 2 atom stereocenters. The van der Waals surface area contributed by atoms with Crippen molar-refractivity contribution in [2.24, 2.45) is 10.9 Å². The Balaban J connectivity index is 2.02. The zero-order chi connectivity index (χ0) is 18.7. The van der Waals surface area contributed by atoms with Crippen LogP contribution in [0.25, 0.3) is 0 Å². The lowest BCUT2D eigenvalue weighted by molar-refractivity contribution is 0.257. The molecule has 0 aromatic heterocycles. The standard InChI is InChI=1S/C22H28N2O2/c1-15(2)14-22(3)23-19(16-8-7-9-17(12-16)26-4)13-20(24-22)18-10-5-6-11-21(18)25/h5-12,15,20,24-25H,13-14H2,1-4H3. The minimum absolute atomic E-state index is 0.0126. The first-order valence-electron chi connectivity index (χ1n) is 9.19. The molecule has 0 saturated heterocycles. The Bertz CT molecular complexity index is 800. The van der Waals surface area contributed by atoms with E-state index in [-0.39, 0.29) is 11.7 Å². The predicted molar refractivity (Wildman–Crippen MR) is 106 cm³/mol. The fraction of sp³-hybridized carbons (Fsp3) is 0.409. The summed E-state index contributed by atoms with van der Waals surface area (Å²) in [7, 11) is 1.68. The Hall–Kier alpha value is -2.33. The van der Waals surface area contributed by atoms with Crippen molar-refractivity contribution < 1.29 is 9.84 Å². The number of hydrogen-bond donors (Lipinski definition) is 2. The molecule has 0 fully saturated rings. The maximum atomic E-state index is 10.4. The Morgan fingerprint density at radius 3 is 2.69 bits per heavy atom. The summed E-state index contributed by atoms with van der Waals surface area (Å²) < 4.78 is 5.38. The topological polar surface area (TPSA) is 53.8 Å². The monoisotopic (exact) mass is 352 g/mol. The SMILES string of the molecule is COc1cccc(C2=NC(C)(CC(C)C)NC(c3ccccc3O)C2)c1. The van der Waals surface area contributed by atoms with Gasteiger partial charge in [-0.05, 0) is 43.0 Å². The summed E-state index contributed by atoms with van der Waals surface area (Å²) in [6, 6.07) is 15.6. The van der Waals surface area contributed by atoms with Gasteiger partial charge in [-0.15, -0.1) is 0 Å². The van der Waals surface area contributed by atoms with Crippen LogP contribution in [0.4, 0.5) is 0 Å². The number of ether oxygens (including phenoxy) is 1. The summed E-state index contributed by atoms with van der Waals surface area (Å²) in [5, 5.41) is 14.0. The molecule has 26 heavy (non-hydrogen) atoms. The van der Waals surface area contributed by atoms with E-state index in [1.165, 1.54) is 0 Å². The summed E-state index contributed by atoms with van der Waals surface area (Å²) in [6.07, 6.45) is 1.64. The van der Waals surface area contributed by atoms with E-state index in [0.29, 0.717) is 11.7 Å². The molecule has 2 unspecified atom stereocenters.